The lowest BCUT2D eigenvalue weighted by Gasteiger charge is -2.11. The lowest BCUT2D eigenvalue weighted by atomic mass is 10.2. The van der Waals surface area contributed by atoms with Crippen molar-refractivity contribution in [1.29, 1.82) is 0 Å². The molecule has 0 heterocycles. The Morgan fingerprint density at radius 3 is 2.55 bits per heavy atom. The highest BCUT2D eigenvalue weighted by molar-refractivity contribution is 9.10. The lowest BCUT2D eigenvalue weighted by molar-refractivity contribution is 0.215. The molecular formula is C14H11BrN2O2S. The second-order valence-corrected chi connectivity index (χ2v) is 5.24. The summed E-state index contributed by atoms with van der Waals surface area (Å²) in [6.07, 6.45) is -0.605. The Labute approximate surface area is 130 Å². The summed E-state index contributed by atoms with van der Waals surface area (Å²) < 4.78 is 5.94. The number of anilines is 1. The van der Waals surface area contributed by atoms with E-state index in [0.717, 1.165) is 4.47 Å². The first-order chi connectivity index (χ1) is 9.56. The summed E-state index contributed by atoms with van der Waals surface area (Å²) in [4.78, 5) is 12.0. The Hall–Kier alpha value is -1.92. The summed E-state index contributed by atoms with van der Waals surface area (Å²) in [6, 6.07) is 14.0. The highest BCUT2D eigenvalue weighted by Gasteiger charge is 2.11. The van der Waals surface area contributed by atoms with Gasteiger partial charge in [0.2, 0.25) is 0 Å². The fourth-order valence-electron chi connectivity index (χ4n) is 1.57. The third kappa shape index (κ3) is 3.79. The molecule has 0 radical (unpaired) electrons. The molecule has 0 saturated carbocycles. The maximum absolute atomic E-state index is 11.8. The van der Waals surface area contributed by atoms with Gasteiger partial charge in [-0.25, -0.2) is 4.79 Å². The van der Waals surface area contributed by atoms with Crippen molar-refractivity contribution in [2.75, 3.05) is 5.32 Å². The molecule has 2 aromatic carbocycles. The molecule has 0 aromatic heterocycles. The molecule has 0 spiro atoms. The van der Waals surface area contributed by atoms with E-state index in [0.29, 0.717) is 17.0 Å². The predicted molar refractivity (Wildman–Crippen MR) is 86.1 cm³/mol. The third-order valence-corrected chi connectivity index (χ3v) is 3.15. The van der Waals surface area contributed by atoms with Crippen LogP contribution in [0, 0.1) is 0 Å². The van der Waals surface area contributed by atoms with Crippen molar-refractivity contribution >= 4 is 44.9 Å². The van der Waals surface area contributed by atoms with Gasteiger partial charge in [0.1, 0.15) is 10.7 Å². The second kappa shape index (κ2) is 6.49. The first kappa shape index (κ1) is 14.5. The number of ether oxygens (including phenoxy) is 1. The van der Waals surface area contributed by atoms with Crippen molar-refractivity contribution in [2.45, 2.75) is 0 Å². The van der Waals surface area contributed by atoms with Gasteiger partial charge in [-0.2, -0.15) is 0 Å². The number of rotatable bonds is 3. The van der Waals surface area contributed by atoms with Gasteiger partial charge in [-0.05, 0) is 30.3 Å². The monoisotopic (exact) mass is 350 g/mol. The Kier molecular flexibility index (Phi) is 4.70. The molecule has 0 fully saturated rings. The van der Waals surface area contributed by atoms with Crippen LogP contribution in [0.5, 0.6) is 5.75 Å². The number of thiocarbonyl (C=S) groups is 1. The second-order valence-electron chi connectivity index (χ2n) is 3.88. The molecule has 3 N–H and O–H groups in total. The number of carbonyl (C=O) groups excluding carboxylic acids is 1. The zero-order valence-electron chi connectivity index (χ0n) is 10.3. The van der Waals surface area contributed by atoms with Gasteiger partial charge >= 0.3 is 6.09 Å². The fourth-order valence-corrected chi connectivity index (χ4v) is 2.10. The minimum absolute atomic E-state index is 0.201. The number of hydrogen-bond acceptors (Lipinski definition) is 3. The maximum atomic E-state index is 11.8. The molecule has 2 aromatic rings. The van der Waals surface area contributed by atoms with Crippen LogP contribution in [0.15, 0.2) is 53.0 Å². The molecular weight excluding hydrogens is 340 g/mol. The average molecular weight is 351 g/mol. The molecule has 1 amide bonds. The van der Waals surface area contributed by atoms with Crippen LogP contribution in [0.4, 0.5) is 10.5 Å². The first-order valence-electron chi connectivity index (χ1n) is 5.69. The molecule has 0 aliphatic rings. The minimum atomic E-state index is -0.605. The molecule has 0 unspecified atom stereocenters. The van der Waals surface area contributed by atoms with E-state index in [2.05, 4.69) is 21.2 Å². The molecule has 0 saturated heterocycles. The van der Waals surface area contributed by atoms with Crippen molar-refractivity contribution in [1.82, 2.24) is 0 Å². The quantitative estimate of drug-likeness (QED) is 0.828. The van der Waals surface area contributed by atoms with E-state index in [9.17, 15) is 4.79 Å². The Balaban J connectivity index is 2.15. The molecule has 102 valence electrons. The van der Waals surface area contributed by atoms with Gasteiger partial charge < -0.3 is 10.5 Å². The van der Waals surface area contributed by atoms with Crippen LogP contribution in [0.1, 0.15) is 5.56 Å². The number of carbonyl (C=O) groups is 1. The van der Waals surface area contributed by atoms with E-state index < -0.39 is 6.09 Å². The van der Waals surface area contributed by atoms with Gasteiger partial charge in [-0.15, -0.1) is 0 Å². The van der Waals surface area contributed by atoms with Crippen LogP contribution in [0.25, 0.3) is 0 Å². The van der Waals surface area contributed by atoms with E-state index in [1.54, 1.807) is 42.5 Å². The van der Waals surface area contributed by atoms with E-state index >= 15 is 0 Å². The topological polar surface area (TPSA) is 64.3 Å². The molecule has 0 atom stereocenters. The molecule has 0 bridgehead atoms. The van der Waals surface area contributed by atoms with Gasteiger partial charge in [-0.1, -0.05) is 46.3 Å². The number of hydrogen-bond donors (Lipinski definition) is 2. The lowest BCUT2D eigenvalue weighted by Crippen LogP contribution is -2.20. The molecule has 4 nitrogen and oxygen atoms in total. The van der Waals surface area contributed by atoms with Crippen molar-refractivity contribution < 1.29 is 9.53 Å². The van der Waals surface area contributed by atoms with Crippen molar-refractivity contribution in [3.8, 4) is 5.75 Å². The van der Waals surface area contributed by atoms with Crippen LogP contribution in [0.2, 0.25) is 0 Å². The predicted octanol–water partition coefficient (Wildman–Crippen LogP) is 3.69. The molecule has 20 heavy (non-hydrogen) atoms. The van der Waals surface area contributed by atoms with Crippen molar-refractivity contribution in [3.05, 3.63) is 58.6 Å². The largest absolute Gasteiger partial charge is 0.417 e. The number of nitrogens with two attached hydrogens (primary N) is 1. The SMILES string of the molecule is NC(=S)c1ccc(Br)cc1NC(=O)Oc1ccccc1. The smallest absolute Gasteiger partial charge is 0.410 e. The highest BCUT2D eigenvalue weighted by atomic mass is 79.9. The van der Waals surface area contributed by atoms with Crippen LogP contribution in [0.3, 0.4) is 0 Å². The van der Waals surface area contributed by atoms with E-state index in [-0.39, 0.29) is 4.99 Å². The first-order valence-corrected chi connectivity index (χ1v) is 6.89. The van der Waals surface area contributed by atoms with E-state index in [1.165, 1.54) is 0 Å². The van der Waals surface area contributed by atoms with Gasteiger partial charge in [-0.3, -0.25) is 5.32 Å². The van der Waals surface area contributed by atoms with Crippen LogP contribution < -0.4 is 15.8 Å². The fraction of sp³-hybridized carbons (Fsp3) is 0. The van der Waals surface area contributed by atoms with Crippen LogP contribution >= 0.6 is 28.1 Å². The van der Waals surface area contributed by atoms with Gasteiger partial charge in [0.05, 0.1) is 5.69 Å². The molecule has 2 rings (SSSR count). The Bertz CT molecular complexity index is 647. The Morgan fingerprint density at radius 2 is 1.90 bits per heavy atom. The summed E-state index contributed by atoms with van der Waals surface area (Å²) in [7, 11) is 0. The van der Waals surface area contributed by atoms with Crippen molar-refractivity contribution in [2.24, 2.45) is 5.73 Å². The number of benzene rings is 2. The minimum Gasteiger partial charge on any atom is -0.410 e. The summed E-state index contributed by atoms with van der Waals surface area (Å²) in [5.41, 5.74) is 6.69. The molecule has 6 heteroatoms. The number of para-hydroxylation sites is 1. The maximum Gasteiger partial charge on any atom is 0.417 e. The summed E-state index contributed by atoms with van der Waals surface area (Å²) in [5, 5.41) is 2.62. The van der Waals surface area contributed by atoms with E-state index in [4.69, 9.17) is 22.7 Å². The van der Waals surface area contributed by atoms with Gasteiger partial charge in [0.15, 0.2) is 0 Å². The normalized spacial score (nSPS) is 9.85. The number of nitrogens with one attached hydrogen (secondary N) is 1. The van der Waals surface area contributed by atoms with Crippen LogP contribution in [-0.2, 0) is 0 Å². The zero-order chi connectivity index (χ0) is 14.5. The van der Waals surface area contributed by atoms with Gasteiger partial charge in [0, 0.05) is 10.0 Å². The zero-order valence-corrected chi connectivity index (χ0v) is 12.7. The van der Waals surface area contributed by atoms with Crippen molar-refractivity contribution in [3.63, 3.8) is 0 Å². The standard InChI is InChI=1S/C14H11BrN2O2S/c15-9-6-7-11(13(16)20)12(8-9)17-14(18)19-10-4-2-1-3-5-10/h1-8H,(H2,16,20)(H,17,18). The molecule has 0 aliphatic heterocycles. The number of amides is 1. The summed E-state index contributed by atoms with van der Waals surface area (Å²) >= 11 is 8.27. The average Bonchev–Trinajstić information content (AvgIpc) is 2.39. The third-order valence-electron chi connectivity index (χ3n) is 2.44. The van der Waals surface area contributed by atoms with Crippen LogP contribution in [-0.4, -0.2) is 11.1 Å². The number of halogens is 1. The summed E-state index contributed by atoms with van der Waals surface area (Å²) in [6.45, 7) is 0. The Morgan fingerprint density at radius 1 is 1.20 bits per heavy atom. The van der Waals surface area contributed by atoms with E-state index in [1.807, 2.05) is 6.07 Å². The van der Waals surface area contributed by atoms with Gasteiger partial charge in [0.25, 0.3) is 0 Å². The highest BCUT2D eigenvalue weighted by Crippen LogP contribution is 2.22. The summed E-state index contributed by atoms with van der Waals surface area (Å²) in [5.74, 6) is 0.455. The molecule has 0 aliphatic carbocycles.